The Hall–Kier alpha value is -2.97. The zero-order valence-electron chi connectivity index (χ0n) is 18.7. The molecule has 3 rings (SSSR count). The van der Waals surface area contributed by atoms with E-state index in [1.165, 1.54) is 6.07 Å². The number of hydrogen-bond acceptors (Lipinski definition) is 5. The number of carbonyl (C=O) groups is 1. The number of carbonyl (C=O) groups excluding carboxylic acids is 1. The highest BCUT2D eigenvalue weighted by atomic mass is 19.4. The number of pyridine rings is 1. The summed E-state index contributed by atoms with van der Waals surface area (Å²) in [5.41, 5.74) is -0.235. The number of fused-ring (bicyclic) bond motifs is 1. The highest BCUT2D eigenvalue weighted by molar-refractivity contribution is 5.86. The van der Waals surface area contributed by atoms with Gasteiger partial charge >= 0.3 is 12.3 Å². The SMILES string of the molecule is CC(C)C1CCc2cc(-c3cc(NC(=O)OC(C)(C)C)cc(C(F)(F)F)c3)nc(O)c2N1. The first kappa shape index (κ1) is 23.7. The third-order valence-electron chi connectivity index (χ3n) is 5.14. The predicted octanol–water partition coefficient (Wildman–Crippen LogP) is 6.20. The quantitative estimate of drug-likeness (QED) is 0.517. The molecule has 32 heavy (non-hydrogen) atoms. The highest BCUT2D eigenvalue weighted by Gasteiger charge is 2.32. The molecule has 1 aromatic carbocycles. The summed E-state index contributed by atoms with van der Waals surface area (Å²) in [5.74, 6) is 0.0918. The van der Waals surface area contributed by atoms with Crippen LogP contribution in [-0.4, -0.2) is 27.8 Å². The second-order valence-corrected chi connectivity index (χ2v) is 9.32. The Kier molecular flexibility index (Phi) is 6.31. The normalized spacial score (nSPS) is 16.3. The summed E-state index contributed by atoms with van der Waals surface area (Å²) >= 11 is 0. The molecule has 6 nitrogen and oxygen atoms in total. The van der Waals surface area contributed by atoms with E-state index in [9.17, 15) is 23.1 Å². The van der Waals surface area contributed by atoms with Crippen LogP contribution in [0.2, 0.25) is 0 Å². The minimum absolute atomic E-state index is 0.0823. The van der Waals surface area contributed by atoms with Gasteiger partial charge in [0.2, 0.25) is 5.88 Å². The van der Waals surface area contributed by atoms with Gasteiger partial charge in [0.05, 0.1) is 11.3 Å². The van der Waals surface area contributed by atoms with Gasteiger partial charge in [-0.05, 0) is 69.4 Å². The number of ether oxygens (including phenoxy) is 1. The van der Waals surface area contributed by atoms with Crippen molar-refractivity contribution in [2.24, 2.45) is 5.92 Å². The molecule has 0 fully saturated rings. The Balaban J connectivity index is 2.00. The first-order valence-electron chi connectivity index (χ1n) is 10.4. The van der Waals surface area contributed by atoms with Crippen LogP contribution in [0.5, 0.6) is 5.88 Å². The largest absolute Gasteiger partial charge is 0.492 e. The van der Waals surface area contributed by atoms with Gasteiger partial charge in [-0.2, -0.15) is 13.2 Å². The van der Waals surface area contributed by atoms with Crippen LogP contribution < -0.4 is 10.6 Å². The van der Waals surface area contributed by atoms with Gasteiger partial charge in [0.25, 0.3) is 0 Å². The molecule has 1 aromatic heterocycles. The van der Waals surface area contributed by atoms with E-state index in [1.807, 2.05) is 0 Å². The maximum atomic E-state index is 13.5. The highest BCUT2D eigenvalue weighted by Crippen LogP contribution is 2.39. The Bertz CT molecular complexity index is 1010. The molecule has 0 saturated heterocycles. The van der Waals surface area contributed by atoms with Crippen molar-refractivity contribution < 1.29 is 27.8 Å². The lowest BCUT2D eigenvalue weighted by Gasteiger charge is -2.30. The predicted molar refractivity (Wildman–Crippen MR) is 117 cm³/mol. The third-order valence-corrected chi connectivity index (χ3v) is 5.14. The third kappa shape index (κ3) is 5.63. The Morgan fingerprint density at radius 3 is 2.50 bits per heavy atom. The fourth-order valence-corrected chi connectivity index (χ4v) is 3.59. The molecule has 0 aliphatic carbocycles. The standard InChI is InChI=1S/C23H28F3N3O3/c1-12(2)17-7-6-13-10-18(29-20(30)19(13)28-17)14-8-15(23(24,25)26)11-16(9-14)27-21(31)32-22(3,4)5/h8-12,17,28H,6-7H2,1-5H3,(H,27,31)(H,29,30). The Morgan fingerprint density at radius 1 is 1.22 bits per heavy atom. The molecule has 0 spiro atoms. The van der Waals surface area contributed by atoms with Crippen LogP contribution in [0.3, 0.4) is 0 Å². The second-order valence-electron chi connectivity index (χ2n) is 9.32. The summed E-state index contributed by atoms with van der Waals surface area (Å²) in [4.78, 5) is 16.2. The van der Waals surface area contributed by atoms with Crippen molar-refractivity contribution in [3.63, 3.8) is 0 Å². The van der Waals surface area contributed by atoms with E-state index in [1.54, 1.807) is 26.8 Å². The number of nitrogens with one attached hydrogen (secondary N) is 2. The molecule has 1 aliphatic rings. The fraction of sp³-hybridized carbons (Fsp3) is 0.478. The zero-order valence-corrected chi connectivity index (χ0v) is 18.7. The topological polar surface area (TPSA) is 83.5 Å². The fourth-order valence-electron chi connectivity index (χ4n) is 3.59. The van der Waals surface area contributed by atoms with Crippen molar-refractivity contribution in [2.75, 3.05) is 10.6 Å². The molecular formula is C23H28F3N3O3. The molecule has 0 saturated carbocycles. The van der Waals surface area contributed by atoms with Gasteiger partial charge in [0.15, 0.2) is 0 Å². The number of nitrogens with zero attached hydrogens (tertiary/aromatic N) is 1. The number of anilines is 2. The molecular weight excluding hydrogens is 423 g/mol. The second kappa shape index (κ2) is 8.52. The minimum atomic E-state index is -4.64. The first-order chi connectivity index (χ1) is 14.7. The van der Waals surface area contributed by atoms with Crippen LogP contribution in [-0.2, 0) is 17.3 Å². The van der Waals surface area contributed by atoms with Gasteiger partial charge in [0, 0.05) is 17.3 Å². The van der Waals surface area contributed by atoms with Gasteiger partial charge < -0.3 is 15.2 Å². The van der Waals surface area contributed by atoms with Crippen LogP contribution in [0.4, 0.5) is 29.3 Å². The summed E-state index contributed by atoms with van der Waals surface area (Å²) in [6, 6.07) is 5.01. The van der Waals surface area contributed by atoms with Crippen molar-refractivity contribution in [1.82, 2.24) is 4.98 Å². The molecule has 174 valence electrons. The number of aryl methyl sites for hydroxylation is 1. The lowest BCUT2D eigenvalue weighted by atomic mass is 9.91. The lowest BCUT2D eigenvalue weighted by Crippen LogP contribution is -2.30. The maximum Gasteiger partial charge on any atom is 0.416 e. The van der Waals surface area contributed by atoms with Crippen LogP contribution in [0, 0.1) is 5.92 Å². The number of aromatic nitrogens is 1. The van der Waals surface area contributed by atoms with Crippen molar-refractivity contribution >= 4 is 17.5 Å². The monoisotopic (exact) mass is 451 g/mol. The molecule has 1 amide bonds. The number of halogens is 3. The van der Waals surface area contributed by atoms with Crippen molar-refractivity contribution in [1.29, 1.82) is 0 Å². The van der Waals surface area contributed by atoms with Gasteiger partial charge in [-0.1, -0.05) is 13.8 Å². The van der Waals surface area contributed by atoms with E-state index in [-0.39, 0.29) is 28.9 Å². The molecule has 1 aliphatic heterocycles. The summed E-state index contributed by atoms with van der Waals surface area (Å²) in [7, 11) is 0. The summed E-state index contributed by atoms with van der Waals surface area (Å²) in [5, 5.41) is 16.1. The molecule has 0 bridgehead atoms. The summed E-state index contributed by atoms with van der Waals surface area (Å²) in [6.45, 7) is 9.11. The molecule has 1 atom stereocenters. The molecule has 0 radical (unpaired) electrons. The van der Waals surface area contributed by atoms with Gasteiger partial charge in [-0.25, -0.2) is 9.78 Å². The van der Waals surface area contributed by atoms with Crippen molar-refractivity contribution in [3.05, 3.63) is 35.4 Å². The number of benzene rings is 1. The number of alkyl halides is 3. The van der Waals surface area contributed by atoms with E-state index in [0.717, 1.165) is 24.1 Å². The van der Waals surface area contributed by atoms with Crippen molar-refractivity contribution in [3.8, 4) is 17.1 Å². The molecule has 2 aromatic rings. The first-order valence-corrected chi connectivity index (χ1v) is 10.4. The number of amides is 1. The molecule has 3 N–H and O–H groups in total. The Labute approximate surface area is 185 Å². The van der Waals surface area contributed by atoms with E-state index in [2.05, 4.69) is 29.5 Å². The zero-order chi connectivity index (χ0) is 23.8. The van der Waals surface area contributed by atoms with Crippen molar-refractivity contribution in [2.45, 2.75) is 65.3 Å². The van der Waals surface area contributed by atoms with Crippen LogP contribution in [0.25, 0.3) is 11.3 Å². The number of hydrogen-bond donors (Lipinski definition) is 3. The van der Waals surface area contributed by atoms with Gasteiger partial charge in [-0.3, -0.25) is 5.32 Å². The van der Waals surface area contributed by atoms with Crippen LogP contribution in [0.1, 0.15) is 52.2 Å². The van der Waals surface area contributed by atoms with E-state index in [0.29, 0.717) is 18.0 Å². The van der Waals surface area contributed by atoms with E-state index in [4.69, 9.17) is 4.74 Å². The molecule has 2 heterocycles. The average molecular weight is 451 g/mol. The van der Waals surface area contributed by atoms with E-state index >= 15 is 0 Å². The van der Waals surface area contributed by atoms with Crippen LogP contribution >= 0.6 is 0 Å². The average Bonchev–Trinajstić information content (AvgIpc) is 2.65. The van der Waals surface area contributed by atoms with Crippen LogP contribution in [0.15, 0.2) is 24.3 Å². The van der Waals surface area contributed by atoms with E-state index < -0.39 is 23.4 Å². The summed E-state index contributed by atoms with van der Waals surface area (Å²) in [6.07, 6.45) is -4.01. The molecule has 9 heteroatoms. The smallest absolute Gasteiger partial charge is 0.416 e. The maximum absolute atomic E-state index is 13.5. The number of rotatable bonds is 3. The Morgan fingerprint density at radius 2 is 1.91 bits per heavy atom. The number of aromatic hydroxyl groups is 1. The lowest BCUT2D eigenvalue weighted by molar-refractivity contribution is -0.137. The molecule has 1 unspecified atom stereocenters. The minimum Gasteiger partial charge on any atom is -0.492 e. The van der Waals surface area contributed by atoms with Gasteiger partial charge in [0.1, 0.15) is 11.3 Å². The van der Waals surface area contributed by atoms with Gasteiger partial charge in [-0.15, -0.1) is 0 Å². The summed E-state index contributed by atoms with van der Waals surface area (Å²) < 4.78 is 45.7.